The van der Waals surface area contributed by atoms with E-state index in [1.165, 1.54) is 51.4 Å². The quantitative estimate of drug-likeness (QED) is 0.191. The highest BCUT2D eigenvalue weighted by Gasteiger charge is 2.15. The van der Waals surface area contributed by atoms with Crippen LogP contribution in [0.5, 0.6) is 0 Å². The molecule has 0 rings (SSSR count). The summed E-state index contributed by atoms with van der Waals surface area (Å²) in [4.78, 5) is 11.6. The van der Waals surface area contributed by atoms with Crippen LogP contribution in [0.15, 0.2) is 24.3 Å². The van der Waals surface area contributed by atoms with E-state index in [-0.39, 0.29) is 11.6 Å². The van der Waals surface area contributed by atoms with Crippen molar-refractivity contribution in [3.63, 3.8) is 0 Å². The summed E-state index contributed by atoms with van der Waals surface area (Å²) in [6.45, 7) is 8.00. The monoisotopic (exact) mass is 336 g/mol. The van der Waals surface area contributed by atoms with Crippen LogP contribution in [0, 0.1) is 0 Å². The Bertz CT molecular complexity index is 347. The van der Waals surface area contributed by atoms with Gasteiger partial charge in [0.05, 0.1) is 0 Å². The van der Waals surface area contributed by atoms with Crippen LogP contribution in [0.25, 0.3) is 0 Å². The van der Waals surface area contributed by atoms with Crippen molar-refractivity contribution in [3.8, 4) is 0 Å². The Labute approximate surface area is 150 Å². The number of hydrogen-bond donors (Lipinski definition) is 0. The van der Waals surface area contributed by atoms with Gasteiger partial charge < -0.3 is 4.74 Å². The summed E-state index contributed by atoms with van der Waals surface area (Å²) in [5, 5.41) is 0. The number of carbonyl (C=O) groups is 1. The van der Waals surface area contributed by atoms with Crippen molar-refractivity contribution >= 4 is 5.97 Å². The van der Waals surface area contributed by atoms with E-state index in [4.69, 9.17) is 4.74 Å². The Balaban J connectivity index is 3.33. The van der Waals surface area contributed by atoms with Gasteiger partial charge in [-0.25, -0.2) is 0 Å². The molecule has 0 aliphatic heterocycles. The van der Waals surface area contributed by atoms with Crippen LogP contribution in [0.4, 0.5) is 0 Å². The zero-order valence-electron chi connectivity index (χ0n) is 16.6. The fourth-order valence-corrected chi connectivity index (χ4v) is 2.47. The van der Waals surface area contributed by atoms with Crippen molar-refractivity contribution in [2.45, 2.75) is 110 Å². The van der Waals surface area contributed by atoms with Crippen LogP contribution in [-0.4, -0.2) is 11.6 Å². The van der Waals surface area contributed by atoms with Crippen LogP contribution in [0.3, 0.4) is 0 Å². The Morgan fingerprint density at radius 2 is 1.33 bits per heavy atom. The number of carbonyl (C=O) groups excluding carboxylic acids is 1. The van der Waals surface area contributed by atoms with Crippen molar-refractivity contribution in [2.75, 3.05) is 0 Å². The SMILES string of the molecule is CCCCCC=CCC=CCCCCCCCC(=O)OC(C)(C)C. The van der Waals surface area contributed by atoms with E-state index < -0.39 is 0 Å². The smallest absolute Gasteiger partial charge is 0.306 e. The van der Waals surface area contributed by atoms with Crippen LogP contribution in [0.2, 0.25) is 0 Å². The second-order valence-electron chi connectivity index (χ2n) is 7.57. The molecule has 0 radical (unpaired) electrons. The highest BCUT2D eigenvalue weighted by Crippen LogP contribution is 2.12. The van der Waals surface area contributed by atoms with Crippen molar-refractivity contribution in [1.82, 2.24) is 0 Å². The molecule has 0 saturated heterocycles. The molecule has 24 heavy (non-hydrogen) atoms. The Kier molecular flexibility index (Phi) is 14.8. The van der Waals surface area contributed by atoms with Crippen LogP contribution < -0.4 is 0 Å². The molecule has 0 aromatic rings. The molecular formula is C22H40O2. The first-order chi connectivity index (χ1) is 11.5. The van der Waals surface area contributed by atoms with E-state index in [1.807, 2.05) is 20.8 Å². The minimum absolute atomic E-state index is 0.0619. The summed E-state index contributed by atoms with van der Waals surface area (Å²) in [5.74, 6) is -0.0619. The van der Waals surface area contributed by atoms with Gasteiger partial charge in [0, 0.05) is 6.42 Å². The van der Waals surface area contributed by atoms with Crippen molar-refractivity contribution in [1.29, 1.82) is 0 Å². The Hall–Kier alpha value is -1.05. The maximum Gasteiger partial charge on any atom is 0.306 e. The van der Waals surface area contributed by atoms with Crippen LogP contribution >= 0.6 is 0 Å². The number of esters is 1. The van der Waals surface area contributed by atoms with Crippen LogP contribution in [-0.2, 0) is 9.53 Å². The third-order valence-corrected chi connectivity index (χ3v) is 3.75. The van der Waals surface area contributed by atoms with Gasteiger partial charge in [0.1, 0.15) is 5.60 Å². The molecule has 140 valence electrons. The first-order valence-corrected chi connectivity index (χ1v) is 9.97. The predicted octanol–water partition coefficient (Wildman–Crippen LogP) is 7.14. The topological polar surface area (TPSA) is 26.3 Å². The van der Waals surface area contributed by atoms with Gasteiger partial charge in [-0.1, -0.05) is 63.3 Å². The largest absolute Gasteiger partial charge is 0.460 e. The molecule has 0 aromatic heterocycles. The van der Waals surface area contributed by atoms with Crippen molar-refractivity contribution in [2.24, 2.45) is 0 Å². The summed E-state index contributed by atoms with van der Waals surface area (Å²) in [7, 11) is 0. The van der Waals surface area contributed by atoms with Crippen LogP contribution in [0.1, 0.15) is 105 Å². The van der Waals surface area contributed by atoms with Gasteiger partial charge in [0.2, 0.25) is 0 Å². The van der Waals surface area contributed by atoms with E-state index in [0.29, 0.717) is 6.42 Å². The van der Waals surface area contributed by atoms with Gasteiger partial charge >= 0.3 is 5.97 Å². The summed E-state index contributed by atoms with van der Waals surface area (Å²) >= 11 is 0. The van der Waals surface area contributed by atoms with Gasteiger partial charge in [-0.3, -0.25) is 4.79 Å². The number of rotatable bonds is 14. The van der Waals surface area contributed by atoms with E-state index >= 15 is 0 Å². The van der Waals surface area contributed by atoms with Gasteiger partial charge in [-0.2, -0.15) is 0 Å². The molecule has 0 atom stereocenters. The number of hydrogen-bond acceptors (Lipinski definition) is 2. The molecule has 0 heterocycles. The lowest BCUT2D eigenvalue weighted by atomic mass is 10.1. The van der Waals surface area contributed by atoms with E-state index in [2.05, 4.69) is 31.2 Å². The van der Waals surface area contributed by atoms with E-state index in [0.717, 1.165) is 19.3 Å². The molecule has 0 unspecified atom stereocenters. The minimum atomic E-state index is -0.353. The molecule has 0 aliphatic carbocycles. The molecule has 0 aromatic carbocycles. The number of allylic oxidation sites excluding steroid dienone is 4. The molecule has 2 heteroatoms. The van der Waals surface area contributed by atoms with E-state index in [1.54, 1.807) is 0 Å². The highest BCUT2D eigenvalue weighted by atomic mass is 16.6. The summed E-state index contributed by atoms with van der Waals surface area (Å²) in [6.07, 6.45) is 23.0. The molecule has 0 bridgehead atoms. The van der Waals surface area contributed by atoms with E-state index in [9.17, 15) is 4.79 Å². The van der Waals surface area contributed by atoms with Crippen molar-refractivity contribution < 1.29 is 9.53 Å². The molecule has 0 amide bonds. The molecule has 2 nitrogen and oxygen atoms in total. The predicted molar refractivity (Wildman–Crippen MR) is 105 cm³/mol. The molecule has 0 saturated carbocycles. The van der Waals surface area contributed by atoms with Gasteiger partial charge in [-0.15, -0.1) is 0 Å². The zero-order chi connectivity index (χ0) is 18.1. The van der Waals surface area contributed by atoms with Gasteiger partial charge in [0.15, 0.2) is 0 Å². The normalized spacial score (nSPS) is 12.3. The van der Waals surface area contributed by atoms with Gasteiger partial charge in [-0.05, 0) is 59.3 Å². The summed E-state index contributed by atoms with van der Waals surface area (Å²) < 4.78 is 5.30. The molecule has 0 aliphatic rings. The zero-order valence-corrected chi connectivity index (χ0v) is 16.6. The number of ether oxygens (including phenoxy) is 1. The standard InChI is InChI=1S/C22H40O2/c1-5-6-7-8-9-10-11-12-13-14-15-16-17-18-19-20-21(23)24-22(2,3)4/h9-10,12-13H,5-8,11,14-20H2,1-4H3. The molecular weight excluding hydrogens is 296 g/mol. The lowest BCUT2D eigenvalue weighted by Gasteiger charge is -2.19. The maximum atomic E-state index is 11.6. The second kappa shape index (κ2) is 15.5. The molecule has 0 fully saturated rings. The third-order valence-electron chi connectivity index (χ3n) is 3.75. The first-order valence-electron chi connectivity index (χ1n) is 9.97. The van der Waals surface area contributed by atoms with Crippen molar-refractivity contribution in [3.05, 3.63) is 24.3 Å². The number of unbranched alkanes of at least 4 members (excludes halogenated alkanes) is 8. The first kappa shape index (κ1) is 22.9. The summed E-state index contributed by atoms with van der Waals surface area (Å²) in [6, 6.07) is 0. The summed E-state index contributed by atoms with van der Waals surface area (Å²) in [5.41, 5.74) is -0.353. The fourth-order valence-electron chi connectivity index (χ4n) is 2.47. The highest BCUT2D eigenvalue weighted by molar-refractivity contribution is 5.69. The average Bonchev–Trinajstić information content (AvgIpc) is 2.49. The average molecular weight is 337 g/mol. The third kappa shape index (κ3) is 19.0. The minimum Gasteiger partial charge on any atom is -0.460 e. The fraction of sp³-hybridized carbons (Fsp3) is 0.773. The Morgan fingerprint density at radius 1 is 0.792 bits per heavy atom. The molecule has 0 spiro atoms. The lowest BCUT2D eigenvalue weighted by molar-refractivity contribution is -0.154. The molecule has 0 N–H and O–H groups in total. The van der Waals surface area contributed by atoms with Gasteiger partial charge in [0.25, 0.3) is 0 Å². The lowest BCUT2D eigenvalue weighted by Crippen LogP contribution is -2.23. The maximum absolute atomic E-state index is 11.6. The second-order valence-corrected chi connectivity index (χ2v) is 7.57. The Morgan fingerprint density at radius 3 is 1.92 bits per heavy atom.